The topological polar surface area (TPSA) is 9.23 Å². The van der Waals surface area contributed by atoms with Gasteiger partial charge in [0, 0.05) is 23.3 Å². The Morgan fingerprint density at radius 1 is 0.576 bits per heavy atom. The minimum Gasteiger partial charge on any atom is -0.456 e. The normalized spacial score (nSPS) is 10.9. The average Bonchev–Trinajstić information content (AvgIpc) is 2.80. The fourth-order valence-electron chi connectivity index (χ4n) is 3.88. The number of ether oxygens (including phenoxy) is 1. The molecule has 0 aliphatic rings. The summed E-state index contributed by atoms with van der Waals surface area (Å²) in [5.74, 6) is -0.117. The third-order valence-corrected chi connectivity index (χ3v) is 6.03. The van der Waals surface area contributed by atoms with Crippen LogP contribution in [-0.4, -0.2) is 0 Å². The molecule has 0 N–H and O–H groups in total. The van der Waals surface area contributed by atoms with Gasteiger partial charge in [0.2, 0.25) is 0 Å². The average molecular weight is 483 g/mol. The summed E-state index contributed by atoms with van der Waals surface area (Å²) >= 11 is 12.5. The summed E-state index contributed by atoms with van der Waals surface area (Å²) < 4.78 is 35.2. The van der Waals surface area contributed by atoms with Gasteiger partial charge in [0.1, 0.15) is 23.1 Å². The first kappa shape index (κ1) is 23.3. The van der Waals surface area contributed by atoms with Crippen molar-refractivity contribution in [3.63, 3.8) is 0 Å². The van der Waals surface area contributed by atoms with E-state index in [1.165, 1.54) is 24.3 Å². The minimum atomic E-state index is -0.446. The zero-order chi connectivity index (χ0) is 23.2. The van der Waals surface area contributed by atoms with E-state index in [0.717, 1.165) is 22.3 Å². The number of hydrogen-bond donors (Lipinski definition) is 0. The van der Waals surface area contributed by atoms with Crippen LogP contribution >= 0.6 is 23.2 Å². The highest BCUT2D eigenvalue weighted by molar-refractivity contribution is 6.17. The van der Waals surface area contributed by atoms with Gasteiger partial charge in [-0.1, -0.05) is 60.7 Å². The van der Waals surface area contributed by atoms with Crippen LogP contribution in [0.5, 0.6) is 11.5 Å². The highest BCUT2D eigenvalue weighted by atomic mass is 35.5. The van der Waals surface area contributed by atoms with Crippen LogP contribution in [0.2, 0.25) is 0 Å². The lowest BCUT2D eigenvalue weighted by atomic mass is 9.98. The van der Waals surface area contributed by atoms with Gasteiger partial charge in [-0.2, -0.15) is 0 Å². The summed E-state index contributed by atoms with van der Waals surface area (Å²) in [6.07, 6.45) is 1.00. The maximum absolute atomic E-state index is 14.6. The predicted octanol–water partition coefficient (Wildman–Crippen LogP) is 8.42. The number of rotatable bonds is 8. The molecule has 0 heterocycles. The number of alkyl halides is 2. The Kier molecular flexibility index (Phi) is 7.64. The quantitative estimate of drug-likeness (QED) is 0.229. The van der Waals surface area contributed by atoms with Gasteiger partial charge in [0.05, 0.1) is 11.8 Å². The predicted molar refractivity (Wildman–Crippen MR) is 130 cm³/mol. The zero-order valence-corrected chi connectivity index (χ0v) is 19.3. The van der Waals surface area contributed by atoms with Gasteiger partial charge in [-0.05, 0) is 47.2 Å². The molecule has 4 rings (SSSR count). The molecule has 0 bridgehead atoms. The van der Waals surface area contributed by atoms with Crippen LogP contribution in [0, 0.1) is 11.6 Å². The van der Waals surface area contributed by atoms with Gasteiger partial charge in [-0.15, -0.1) is 23.2 Å². The largest absolute Gasteiger partial charge is 0.456 e. The molecule has 0 radical (unpaired) electrons. The van der Waals surface area contributed by atoms with Gasteiger partial charge in [0.25, 0.3) is 0 Å². The van der Waals surface area contributed by atoms with E-state index in [1.807, 2.05) is 60.7 Å². The van der Waals surface area contributed by atoms with Crippen LogP contribution in [-0.2, 0) is 24.6 Å². The van der Waals surface area contributed by atoms with Gasteiger partial charge in [-0.25, -0.2) is 8.78 Å². The van der Waals surface area contributed by atoms with Crippen molar-refractivity contribution in [2.45, 2.75) is 24.6 Å². The molecule has 0 amide bonds. The van der Waals surface area contributed by atoms with Crippen LogP contribution in [0.3, 0.4) is 0 Å². The molecular formula is C28H22Cl2F2O. The lowest BCUT2D eigenvalue weighted by Gasteiger charge is -2.18. The summed E-state index contributed by atoms with van der Waals surface area (Å²) in [6, 6.07) is 25.0. The maximum Gasteiger partial charge on any atom is 0.135 e. The molecule has 0 saturated carbocycles. The molecule has 0 fully saturated rings. The van der Waals surface area contributed by atoms with Crippen LogP contribution in [0.4, 0.5) is 8.78 Å². The van der Waals surface area contributed by atoms with E-state index in [2.05, 4.69) is 0 Å². The van der Waals surface area contributed by atoms with Crippen LogP contribution in [0.25, 0.3) is 0 Å². The van der Waals surface area contributed by atoms with Gasteiger partial charge >= 0.3 is 0 Å². The third-order valence-electron chi connectivity index (χ3n) is 5.49. The van der Waals surface area contributed by atoms with E-state index in [1.54, 1.807) is 0 Å². The van der Waals surface area contributed by atoms with E-state index < -0.39 is 11.6 Å². The van der Waals surface area contributed by atoms with Gasteiger partial charge in [-0.3, -0.25) is 0 Å². The molecule has 5 heteroatoms. The lowest BCUT2D eigenvalue weighted by Crippen LogP contribution is -2.03. The molecule has 1 nitrogen and oxygen atoms in total. The van der Waals surface area contributed by atoms with Gasteiger partial charge in [0.15, 0.2) is 0 Å². The Bertz CT molecular complexity index is 1130. The molecule has 0 saturated heterocycles. The summed E-state index contributed by atoms with van der Waals surface area (Å²) in [6.45, 7) is 0. The van der Waals surface area contributed by atoms with E-state index in [-0.39, 0.29) is 23.3 Å². The minimum absolute atomic E-state index is 0.125. The first-order valence-electron chi connectivity index (χ1n) is 10.6. The van der Waals surface area contributed by atoms with Crippen LogP contribution in [0.15, 0.2) is 84.9 Å². The summed E-state index contributed by atoms with van der Waals surface area (Å²) in [5, 5.41) is 0. The van der Waals surface area contributed by atoms with Crippen molar-refractivity contribution in [3.8, 4) is 11.5 Å². The maximum atomic E-state index is 14.6. The molecule has 0 unspecified atom stereocenters. The molecule has 0 spiro atoms. The molecule has 0 atom stereocenters. The van der Waals surface area contributed by atoms with Crippen molar-refractivity contribution in [1.29, 1.82) is 0 Å². The monoisotopic (exact) mass is 482 g/mol. The molecule has 33 heavy (non-hydrogen) atoms. The van der Waals surface area contributed by atoms with Gasteiger partial charge < -0.3 is 4.74 Å². The Morgan fingerprint density at radius 2 is 0.970 bits per heavy atom. The summed E-state index contributed by atoms with van der Waals surface area (Å²) in [7, 11) is 0. The SMILES string of the molecule is Fc1cc(Cc2ccccc2)c(CCl)c(Oc2cc(F)cc(Cc3ccccc3)c2CCl)c1. The fraction of sp³-hybridized carbons (Fsp3) is 0.143. The first-order valence-corrected chi connectivity index (χ1v) is 11.6. The van der Waals surface area contributed by atoms with E-state index in [9.17, 15) is 8.78 Å². The second-order valence-electron chi connectivity index (χ2n) is 7.78. The Balaban J connectivity index is 1.72. The third kappa shape index (κ3) is 5.73. The Labute approximate surface area is 202 Å². The molecule has 0 aliphatic heterocycles. The smallest absolute Gasteiger partial charge is 0.135 e. The van der Waals surface area contributed by atoms with E-state index in [4.69, 9.17) is 27.9 Å². The number of hydrogen-bond acceptors (Lipinski definition) is 1. The molecule has 168 valence electrons. The first-order chi connectivity index (χ1) is 16.1. The van der Waals surface area contributed by atoms with Crippen molar-refractivity contribution >= 4 is 23.2 Å². The van der Waals surface area contributed by atoms with Crippen molar-refractivity contribution in [2.24, 2.45) is 0 Å². The van der Waals surface area contributed by atoms with Crippen LogP contribution < -0.4 is 4.74 Å². The van der Waals surface area contributed by atoms with Crippen molar-refractivity contribution in [1.82, 2.24) is 0 Å². The number of halogens is 4. The second kappa shape index (κ2) is 10.8. The standard InChI is InChI=1S/C28H22Cl2F2O/c29-17-25-21(11-19-7-3-1-4-8-19)13-23(31)15-27(25)33-28-16-24(32)14-22(26(28)18-30)12-20-9-5-2-6-10-20/h1-10,13-16H,11-12,17-18H2. The number of benzene rings is 4. The second-order valence-corrected chi connectivity index (χ2v) is 8.31. The Morgan fingerprint density at radius 3 is 1.33 bits per heavy atom. The highest BCUT2D eigenvalue weighted by Crippen LogP contribution is 2.36. The van der Waals surface area contributed by atoms with Crippen LogP contribution in [0.1, 0.15) is 33.4 Å². The van der Waals surface area contributed by atoms with Crippen molar-refractivity contribution < 1.29 is 13.5 Å². The highest BCUT2D eigenvalue weighted by Gasteiger charge is 2.18. The fourth-order valence-corrected chi connectivity index (χ4v) is 4.49. The summed E-state index contributed by atoms with van der Waals surface area (Å²) in [4.78, 5) is 0. The molecule has 4 aromatic rings. The summed E-state index contributed by atoms with van der Waals surface area (Å²) in [5.41, 5.74) is 4.82. The molecule has 4 aromatic carbocycles. The molecular weight excluding hydrogens is 461 g/mol. The van der Waals surface area contributed by atoms with E-state index in [0.29, 0.717) is 24.0 Å². The lowest BCUT2D eigenvalue weighted by molar-refractivity contribution is 0.461. The van der Waals surface area contributed by atoms with Crippen molar-refractivity contribution in [3.05, 3.63) is 130 Å². The molecule has 0 aromatic heterocycles. The zero-order valence-electron chi connectivity index (χ0n) is 17.8. The van der Waals surface area contributed by atoms with E-state index >= 15 is 0 Å². The Hall–Kier alpha value is -2.88. The van der Waals surface area contributed by atoms with Crippen molar-refractivity contribution in [2.75, 3.05) is 0 Å². The molecule has 0 aliphatic carbocycles.